The number of thiophene rings is 1. The molecule has 0 saturated carbocycles. The van der Waals surface area contributed by atoms with Gasteiger partial charge in [0.25, 0.3) is 11.8 Å². The average molecular weight is 516 g/mol. The highest BCUT2D eigenvalue weighted by Gasteiger charge is 2.53. The summed E-state index contributed by atoms with van der Waals surface area (Å²) in [5, 5.41) is 24.1. The number of rotatable bonds is 7. The van der Waals surface area contributed by atoms with Crippen LogP contribution in [0.25, 0.3) is 10.1 Å². The number of nitrogen functional groups attached to an aromatic ring is 1. The number of nitrogens with one attached hydrogen (secondary N) is 1. The van der Waals surface area contributed by atoms with E-state index in [2.05, 4.69) is 30.0 Å². The van der Waals surface area contributed by atoms with E-state index < -0.39 is 29.2 Å². The first-order chi connectivity index (χ1) is 16.9. The number of nitrogens with two attached hydrogens (primary N) is 1. The van der Waals surface area contributed by atoms with Crippen LogP contribution in [0.1, 0.15) is 5.82 Å². The molecule has 2 aliphatic heterocycles. The second kappa shape index (κ2) is 8.99. The molecule has 2 atom stereocenters. The predicted octanol–water partition coefficient (Wildman–Crippen LogP) is -1.39. The maximum absolute atomic E-state index is 12.9. The maximum Gasteiger partial charge on any atom is 0.319 e. The summed E-state index contributed by atoms with van der Waals surface area (Å²) in [7, 11) is 1.22. The minimum atomic E-state index is -1.45. The Labute approximate surface area is 205 Å². The molecule has 13 nitrogen and oxygen atoms in total. The minimum Gasteiger partial charge on any atom is -0.543 e. The van der Waals surface area contributed by atoms with Gasteiger partial charge in [-0.2, -0.15) is 9.55 Å². The third-order valence-corrected chi connectivity index (χ3v) is 7.61. The number of carbonyl (C=O) groups excluding carboxylic acids is 3. The number of nitrogens with zero attached hydrogens (tertiary/aromatic N) is 5. The Balaban J connectivity index is 1.36. The van der Waals surface area contributed by atoms with Crippen LogP contribution in [0.3, 0.4) is 0 Å². The fraction of sp³-hybridized carbons (Fsp3) is 0.250. The number of anilines is 1. The van der Waals surface area contributed by atoms with Crippen molar-refractivity contribution in [2.24, 2.45) is 5.16 Å². The van der Waals surface area contributed by atoms with Crippen molar-refractivity contribution in [3.63, 3.8) is 0 Å². The molecule has 0 radical (unpaired) electrons. The Morgan fingerprint density at radius 1 is 1.46 bits per heavy atom. The van der Waals surface area contributed by atoms with E-state index in [0.717, 1.165) is 15.0 Å². The smallest absolute Gasteiger partial charge is 0.319 e. The van der Waals surface area contributed by atoms with Crippen molar-refractivity contribution in [1.29, 1.82) is 0 Å². The molecule has 0 aromatic carbocycles. The van der Waals surface area contributed by atoms with Crippen LogP contribution in [0, 0.1) is 0 Å². The number of thioether (sulfide) groups is 1. The molecule has 2 aliphatic rings. The van der Waals surface area contributed by atoms with Gasteiger partial charge < -0.3 is 30.3 Å². The number of amides is 2. The third kappa shape index (κ3) is 4.08. The monoisotopic (exact) mass is 515 g/mol. The topological polar surface area (TPSA) is 180 Å². The molecule has 1 unspecified atom stereocenters. The molecule has 5 rings (SSSR count). The molecule has 1 fully saturated rings. The van der Waals surface area contributed by atoms with E-state index in [1.54, 1.807) is 11.3 Å². The van der Waals surface area contributed by atoms with Gasteiger partial charge in [0.05, 0.1) is 16.4 Å². The lowest BCUT2D eigenvalue weighted by Crippen LogP contribution is -2.71. The van der Waals surface area contributed by atoms with Gasteiger partial charge in [-0.25, -0.2) is 0 Å². The molecule has 180 valence electrons. The van der Waals surface area contributed by atoms with Crippen molar-refractivity contribution >= 4 is 62.7 Å². The molecule has 3 aromatic heterocycles. The Hall–Kier alpha value is -3.98. The maximum atomic E-state index is 12.9. The second-order valence-corrected chi connectivity index (χ2v) is 9.59. The summed E-state index contributed by atoms with van der Waals surface area (Å²) >= 11 is 2.91. The Morgan fingerprint density at radius 3 is 3.00 bits per heavy atom. The molecule has 15 heteroatoms. The molecule has 35 heavy (non-hydrogen) atoms. The number of oxime groups is 1. The quantitative estimate of drug-likeness (QED) is 0.165. The van der Waals surface area contributed by atoms with Crippen molar-refractivity contribution in [3.05, 3.63) is 47.0 Å². The van der Waals surface area contributed by atoms with E-state index >= 15 is 0 Å². The first kappa shape index (κ1) is 22.8. The van der Waals surface area contributed by atoms with E-state index in [0.29, 0.717) is 11.3 Å². The van der Waals surface area contributed by atoms with Crippen LogP contribution < -0.4 is 20.7 Å². The normalized spacial score (nSPS) is 20.0. The average Bonchev–Trinajstić information content (AvgIpc) is 3.48. The molecule has 3 aromatic rings. The number of hydrogen-bond acceptors (Lipinski definition) is 12. The van der Waals surface area contributed by atoms with Crippen molar-refractivity contribution in [3.8, 4) is 0 Å². The number of carbonyl (C=O) groups is 3. The summed E-state index contributed by atoms with van der Waals surface area (Å²) in [6, 6.07) is 2.67. The number of fused-ring (bicyclic) bond motifs is 2. The molecular formula is C20H17N7O6S2. The standard InChI is InChI=1S/C20H17N7O6S2/c1-32-24-12(15-23-20(21)33-25-15)16(28)22-13-17(29)27-14(19(30)31)10(8-35-18(13)27)6-26-4-2-9-3-5-34-11(9)7-26/h2-5,7,13,18H,6,8H2,1H3,(H3-,21,22,23,25,28,30,31)/t13?,18-/m0/s1. The van der Waals surface area contributed by atoms with E-state index in [9.17, 15) is 19.5 Å². The molecule has 0 aliphatic carbocycles. The largest absolute Gasteiger partial charge is 0.543 e. The molecule has 1 saturated heterocycles. The van der Waals surface area contributed by atoms with E-state index in [4.69, 9.17) is 5.73 Å². The van der Waals surface area contributed by atoms with Gasteiger partial charge in [0.15, 0.2) is 18.9 Å². The van der Waals surface area contributed by atoms with Crippen LogP contribution in [0.5, 0.6) is 0 Å². The zero-order valence-electron chi connectivity index (χ0n) is 18.0. The summed E-state index contributed by atoms with van der Waals surface area (Å²) in [4.78, 5) is 47.3. The highest BCUT2D eigenvalue weighted by Crippen LogP contribution is 2.40. The summed E-state index contributed by atoms with van der Waals surface area (Å²) in [5.74, 6) is -2.74. The molecule has 3 N–H and O–H groups in total. The predicted molar refractivity (Wildman–Crippen MR) is 121 cm³/mol. The lowest BCUT2D eigenvalue weighted by atomic mass is 10.0. The third-order valence-electron chi connectivity index (χ3n) is 5.41. The summed E-state index contributed by atoms with van der Waals surface area (Å²) < 4.78 is 7.58. The Bertz CT molecular complexity index is 1410. The van der Waals surface area contributed by atoms with Gasteiger partial charge in [-0.3, -0.25) is 14.5 Å². The molecule has 0 bridgehead atoms. The van der Waals surface area contributed by atoms with Crippen LogP contribution in [-0.4, -0.2) is 62.8 Å². The molecule has 2 amide bonds. The number of carboxylic acids is 1. The van der Waals surface area contributed by atoms with E-state index in [1.165, 1.54) is 18.9 Å². The van der Waals surface area contributed by atoms with Gasteiger partial charge in [0, 0.05) is 22.8 Å². The van der Waals surface area contributed by atoms with E-state index in [1.807, 2.05) is 34.5 Å². The lowest BCUT2D eigenvalue weighted by Gasteiger charge is -2.50. The fourth-order valence-electron chi connectivity index (χ4n) is 3.87. The summed E-state index contributed by atoms with van der Waals surface area (Å²) in [5.41, 5.74) is 5.40. The lowest BCUT2D eigenvalue weighted by molar-refractivity contribution is -0.687. The van der Waals surface area contributed by atoms with Crippen molar-refractivity contribution in [1.82, 2.24) is 20.4 Å². The number of carboxylic acid groups (broad SMARTS) is 1. The van der Waals surface area contributed by atoms with Gasteiger partial charge in [0.1, 0.15) is 18.5 Å². The Kier molecular flexibility index (Phi) is 5.86. The number of hydrogen-bond donors (Lipinski definition) is 2. The van der Waals surface area contributed by atoms with Crippen molar-refractivity contribution < 1.29 is 33.4 Å². The van der Waals surface area contributed by atoms with E-state index in [-0.39, 0.29) is 29.8 Å². The van der Waals surface area contributed by atoms with Crippen LogP contribution in [0.4, 0.5) is 6.01 Å². The fourth-order valence-corrected chi connectivity index (χ4v) is 6.04. The van der Waals surface area contributed by atoms with Gasteiger partial charge in [0.2, 0.25) is 11.5 Å². The van der Waals surface area contributed by atoms with Gasteiger partial charge in [-0.15, -0.1) is 23.1 Å². The van der Waals surface area contributed by atoms with Crippen LogP contribution in [0.2, 0.25) is 0 Å². The summed E-state index contributed by atoms with van der Waals surface area (Å²) in [6.07, 6.45) is 3.78. The number of β-lactam (4-membered cyclic amide) rings is 1. The number of pyridine rings is 1. The minimum absolute atomic E-state index is 0.181. The van der Waals surface area contributed by atoms with Crippen molar-refractivity contribution in [2.75, 3.05) is 18.6 Å². The van der Waals surface area contributed by atoms with Gasteiger partial charge in [-0.05, 0) is 11.4 Å². The second-order valence-electron chi connectivity index (χ2n) is 7.54. The molecule has 0 spiro atoms. The van der Waals surface area contributed by atoms with Gasteiger partial charge >= 0.3 is 6.01 Å². The molecular weight excluding hydrogens is 498 g/mol. The van der Waals surface area contributed by atoms with Crippen molar-refractivity contribution in [2.45, 2.75) is 18.0 Å². The van der Waals surface area contributed by atoms with Gasteiger partial charge in [-0.1, -0.05) is 10.3 Å². The SMILES string of the molecule is CON=C(C(=O)NC1C(=O)N2C(C(=O)[O-])=C(C[n+]3ccc4ccsc4c3)CS[C@@H]12)c1noc(N)n1. The first-order valence-corrected chi connectivity index (χ1v) is 12.1. The molecule has 5 heterocycles. The highest BCUT2D eigenvalue weighted by atomic mass is 32.2. The van der Waals surface area contributed by atoms with Crippen LogP contribution in [0.15, 0.2) is 50.9 Å². The zero-order chi connectivity index (χ0) is 24.7. The first-order valence-electron chi connectivity index (χ1n) is 10.1. The zero-order valence-corrected chi connectivity index (χ0v) is 19.7. The Morgan fingerprint density at radius 2 is 2.29 bits per heavy atom. The number of aliphatic carboxylic acids is 1. The van der Waals surface area contributed by atoms with Crippen LogP contribution >= 0.6 is 23.1 Å². The number of aromatic nitrogens is 3. The highest BCUT2D eigenvalue weighted by molar-refractivity contribution is 8.00. The summed E-state index contributed by atoms with van der Waals surface area (Å²) in [6.45, 7) is 0.279. The van der Waals surface area contributed by atoms with Crippen LogP contribution in [-0.2, 0) is 25.8 Å².